The minimum atomic E-state index is -1.15. The number of hydrogen-bond donors (Lipinski definition) is 1. The van der Waals surface area contributed by atoms with Crippen molar-refractivity contribution in [3.8, 4) is 0 Å². The monoisotopic (exact) mass is 438 g/mol. The van der Waals surface area contributed by atoms with Gasteiger partial charge in [0.2, 0.25) is 5.91 Å². The molecule has 8 heteroatoms. The first-order valence-electron chi connectivity index (χ1n) is 11.1. The van der Waals surface area contributed by atoms with E-state index >= 15 is 0 Å². The number of amides is 2. The van der Waals surface area contributed by atoms with Gasteiger partial charge in [-0.3, -0.25) is 14.3 Å². The van der Waals surface area contributed by atoms with Gasteiger partial charge in [0.25, 0.3) is 5.91 Å². The summed E-state index contributed by atoms with van der Waals surface area (Å²) in [5.74, 6) is -0.468. The zero-order chi connectivity index (χ0) is 22.9. The fourth-order valence-electron chi connectivity index (χ4n) is 4.61. The topological polar surface area (TPSA) is 93.5 Å². The fraction of sp³-hybridized carbons (Fsp3) is 0.500. The number of nitrogens with zero attached hydrogens (tertiary/aromatic N) is 3. The highest BCUT2D eigenvalue weighted by molar-refractivity contribution is 6.01. The lowest BCUT2D eigenvalue weighted by Gasteiger charge is -2.44. The number of ether oxygens (including phenoxy) is 1. The van der Waals surface area contributed by atoms with Crippen LogP contribution in [0.25, 0.3) is 0 Å². The summed E-state index contributed by atoms with van der Waals surface area (Å²) in [7, 11) is 1.27. The van der Waals surface area contributed by atoms with Crippen molar-refractivity contribution in [1.82, 2.24) is 20.0 Å². The summed E-state index contributed by atoms with van der Waals surface area (Å²) < 4.78 is 6.22. The second kappa shape index (κ2) is 8.76. The largest absolute Gasteiger partial charge is 0.464 e. The van der Waals surface area contributed by atoms with E-state index in [4.69, 9.17) is 4.74 Å². The lowest BCUT2D eigenvalue weighted by Crippen LogP contribution is -2.64. The highest BCUT2D eigenvalue weighted by Crippen LogP contribution is 2.31. The van der Waals surface area contributed by atoms with Gasteiger partial charge in [-0.2, -0.15) is 5.10 Å². The molecule has 8 nitrogen and oxygen atoms in total. The molecule has 1 aliphatic heterocycles. The molecule has 1 aromatic heterocycles. The van der Waals surface area contributed by atoms with Gasteiger partial charge in [-0.25, -0.2) is 4.79 Å². The van der Waals surface area contributed by atoms with Crippen molar-refractivity contribution < 1.29 is 19.1 Å². The minimum absolute atomic E-state index is 0.0569. The first kappa shape index (κ1) is 22.0. The first-order valence-corrected chi connectivity index (χ1v) is 11.1. The lowest BCUT2D eigenvalue weighted by atomic mass is 9.86. The second-order valence-corrected chi connectivity index (χ2v) is 9.15. The van der Waals surface area contributed by atoms with E-state index in [0.29, 0.717) is 5.92 Å². The highest BCUT2D eigenvalue weighted by atomic mass is 16.5. The number of fused-ring (bicyclic) bond motifs is 1. The van der Waals surface area contributed by atoms with Gasteiger partial charge in [-0.1, -0.05) is 37.3 Å². The number of esters is 1. The van der Waals surface area contributed by atoms with E-state index in [1.54, 1.807) is 11.8 Å². The lowest BCUT2D eigenvalue weighted by molar-refractivity contribution is -0.134. The Kier molecular flexibility index (Phi) is 6.04. The first-order chi connectivity index (χ1) is 15.3. The van der Waals surface area contributed by atoms with E-state index in [0.717, 1.165) is 31.2 Å². The number of methoxy groups -OCH3 is 1. The van der Waals surface area contributed by atoms with Crippen molar-refractivity contribution in [3.05, 3.63) is 53.3 Å². The maximum absolute atomic E-state index is 13.6. The molecule has 170 valence electrons. The molecule has 0 saturated heterocycles. The SMILES string of the molecule is COC(=O)c1cc2n(n1)C[C@](C)(C(=O)NC1CCC(C)CC1)N(Cc1ccccc1)C2=O. The normalized spacial score (nSPS) is 25.2. The standard InChI is InChI=1S/C24H30N4O4/c1-16-9-11-18(12-10-16)25-23(31)24(2)15-28-20(13-19(26-28)22(30)32-3)21(29)27(24)14-17-7-5-4-6-8-17/h4-8,13,16,18H,9-12,14-15H2,1-3H3,(H,25,31)/t16?,18?,24-/m1/s1. The number of rotatable bonds is 5. The predicted octanol–water partition coefficient (Wildman–Crippen LogP) is 2.78. The number of aromatic nitrogens is 2. The molecule has 0 radical (unpaired) electrons. The van der Waals surface area contributed by atoms with Crippen molar-refractivity contribution in [3.63, 3.8) is 0 Å². The number of hydrogen-bond acceptors (Lipinski definition) is 5. The van der Waals surface area contributed by atoms with Crippen LogP contribution in [0.2, 0.25) is 0 Å². The molecule has 4 rings (SSSR count). The maximum atomic E-state index is 13.6. The van der Waals surface area contributed by atoms with Gasteiger partial charge in [0.15, 0.2) is 5.69 Å². The Morgan fingerprint density at radius 1 is 1.19 bits per heavy atom. The van der Waals surface area contributed by atoms with Crippen LogP contribution < -0.4 is 5.32 Å². The average Bonchev–Trinajstić information content (AvgIpc) is 3.22. The van der Waals surface area contributed by atoms with Crippen LogP contribution in [0.15, 0.2) is 36.4 Å². The molecule has 2 aromatic rings. The Morgan fingerprint density at radius 3 is 2.53 bits per heavy atom. The van der Waals surface area contributed by atoms with E-state index in [1.165, 1.54) is 17.9 Å². The van der Waals surface area contributed by atoms with Crippen molar-refractivity contribution in [2.75, 3.05) is 7.11 Å². The second-order valence-electron chi connectivity index (χ2n) is 9.15. The Morgan fingerprint density at radius 2 is 1.88 bits per heavy atom. The van der Waals surface area contributed by atoms with Gasteiger partial charge < -0.3 is 15.0 Å². The molecule has 2 heterocycles. The van der Waals surface area contributed by atoms with Gasteiger partial charge in [0.05, 0.1) is 13.7 Å². The van der Waals surface area contributed by atoms with Crippen LogP contribution in [0.3, 0.4) is 0 Å². The van der Waals surface area contributed by atoms with Crippen LogP contribution in [-0.2, 0) is 22.6 Å². The third kappa shape index (κ3) is 4.13. The van der Waals surface area contributed by atoms with E-state index in [-0.39, 0.29) is 42.3 Å². The highest BCUT2D eigenvalue weighted by Gasteiger charge is 2.48. The zero-order valence-corrected chi connectivity index (χ0v) is 18.8. The fourth-order valence-corrected chi connectivity index (χ4v) is 4.61. The average molecular weight is 439 g/mol. The summed E-state index contributed by atoms with van der Waals surface area (Å²) >= 11 is 0. The van der Waals surface area contributed by atoms with E-state index in [1.807, 2.05) is 30.3 Å². The summed E-state index contributed by atoms with van der Waals surface area (Å²) in [6, 6.07) is 11.1. The molecule has 1 saturated carbocycles. The quantitative estimate of drug-likeness (QED) is 0.725. The molecule has 1 fully saturated rings. The third-order valence-corrected chi connectivity index (χ3v) is 6.72. The molecular formula is C24H30N4O4. The summed E-state index contributed by atoms with van der Waals surface area (Å²) in [6.07, 6.45) is 4.05. The summed E-state index contributed by atoms with van der Waals surface area (Å²) in [5, 5.41) is 7.45. The molecule has 32 heavy (non-hydrogen) atoms. The van der Waals surface area contributed by atoms with Crippen LogP contribution in [0.4, 0.5) is 0 Å². The van der Waals surface area contributed by atoms with Gasteiger partial charge >= 0.3 is 5.97 Å². The molecule has 1 aliphatic carbocycles. The smallest absolute Gasteiger partial charge is 0.358 e. The molecule has 0 unspecified atom stereocenters. The molecular weight excluding hydrogens is 408 g/mol. The Balaban J connectivity index is 1.66. The van der Waals surface area contributed by atoms with Crippen LogP contribution in [0.5, 0.6) is 0 Å². The molecule has 0 spiro atoms. The van der Waals surface area contributed by atoms with Crippen molar-refractivity contribution >= 4 is 17.8 Å². The van der Waals surface area contributed by atoms with Crippen molar-refractivity contribution in [1.29, 1.82) is 0 Å². The van der Waals surface area contributed by atoms with Gasteiger partial charge in [-0.05, 0) is 44.1 Å². The van der Waals surface area contributed by atoms with E-state index in [9.17, 15) is 14.4 Å². The third-order valence-electron chi connectivity index (χ3n) is 6.72. The summed E-state index contributed by atoms with van der Waals surface area (Å²) in [6.45, 7) is 4.45. The van der Waals surface area contributed by atoms with E-state index < -0.39 is 11.5 Å². The summed E-state index contributed by atoms with van der Waals surface area (Å²) in [5.41, 5.74) is 0.106. The van der Waals surface area contributed by atoms with Gasteiger partial charge in [0.1, 0.15) is 11.2 Å². The van der Waals surface area contributed by atoms with Crippen LogP contribution in [0.1, 0.15) is 66.1 Å². The maximum Gasteiger partial charge on any atom is 0.358 e. The Hall–Kier alpha value is -3.16. The van der Waals surface area contributed by atoms with Crippen LogP contribution in [0, 0.1) is 5.92 Å². The zero-order valence-electron chi connectivity index (χ0n) is 18.8. The minimum Gasteiger partial charge on any atom is -0.464 e. The molecule has 1 aromatic carbocycles. The Bertz CT molecular complexity index is 1010. The van der Waals surface area contributed by atoms with Crippen molar-refractivity contribution in [2.24, 2.45) is 5.92 Å². The van der Waals surface area contributed by atoms with Gasteiger partial charge in [0, 0.05) is 18.7 Å². The predicted molar refractivity (Wildman–Crippen MR) is 118 cm³/mol. The van der Waals surface area contributed by atoms with Crippen molar-refractivity contribution in [2.45, 2.75) is 64.2 Å². The van der Waals surface area contributed by atoms with Crippen LogP contribution in [-0.4, -0.2) is 51.2 Å². The number of carbonyl (C=O) groups is 3. The van der Waals surface area contributed by atoms with E-state index in [2.05, 4.69) is 17.3 Å². The summed E-state index contributed by atoms with van der Waals surface area (Å²) in [4.78, 5) is 40.7. The molecule has 1 atom stereocenters. The molecule has 2 aliphatic rings. The number of benzene rings is 1. The van der Waals surface area contributed by atoms with Gasteiger partial charge in [-0.15, -0.1) is 0 Å². The molecule has 0 bridgehead atoms. The Labute approximate surface area is 187 Å². The van der Waals surface area contributed by atoms with Crippen LogP contribution >= 0.6 is 0 Å². The number of nitrogens with one attached hydrogen (secondary N) is 1. The molecule has 2 amide bonds. The molecule has 1 N–H and O–H groups in total. The number of carbonyl (C=O) groups excluding carboxylic acids is 3.